The van der Waals surface area contributed by atoms with Crippen LogP contribution in [0, 0.1) is 0 Å². The molecule has 5 rings (SSSR count). The van der Waals surface area contributed by atoms with E-state index >= 15 is 0 Å². The Hall–Kier alpha value is -1.72. The molecule has 1 aromatic carbocycles. The molecular formula is C18H21NO4. The highest BCUT2D eigenvalue weighted by Crippen LogP contribution is 2.57. The first-order valence-electron chi connectivity index (χ1n) is 8.23. The van der Waals surface area contributed by atoms with Crippen LogP contribution in [0.15, 0.2) is 18.2 Å². The van der Waals surface area contributed by atoms with Gasteiger partial charge in [0.05, 0.1) is 13.2 Å². The fraction of sp³-hybridized carbons (Fsp3) is 0.556. The molecule has 0 saturated carbocycles. The molecule has 1 fully saturated rings. The summed E-state index contributed by atoms with van der Waals surface area (Å²) in [5, 5.41) is 0. The van der Waals surface area contributed by atoms with Crippen LogP contribution in [0.5, 0.6) is 17.2 Å². The number of hydrogen-bond acceptors (Lipinski definition) is 5. The third kappa shape index (κ3) is 1.64. The Labute approximate surface area is 135 Å². The second-order valence-electron chi connectivity index (χ2n) is 6.82. The summed E-state index contributed by atoms with van der Waals surface area (Å²) in [5.74, 6) is 2.43. The van der Waals surface area contributed by atoms with Crippen LogP contribution < -0.4 is 14.2 Å². The maximum absolute atomic E-state index is 5.72. The third-order valence-corrected chi connectivity index (χ3v) is 6.00. The summed E-state index contributed by atoms with van der Waals surface area (Å²) in [7, 11) is 3.51. The maximum Gasteiger partial charge on any atom is 0.231 e. The van der Waals surface area contributed by atoms with E-state index in [-0.39, 0.29) is 18.3 Å². The molecule has 1 saturated heterocycles. The molecule has 2 unspecified atom stereocenters. The zero-order valence-corrected chi connectivity index (χ0v) is 13.5. The van der Waals surface area contributed by atoms with E-state index in [2.05, 4.69) is 23.1 Å². The van der Waals surface area contributed by atoms with E-state index in [0.29, 0.717) is 6.04 Å². The molecule has 1 aromatic rings. The van der Waals surface area contributed by atoms with Gasteiger partial charge in [0, 0.05) is 37.2 Å². The van der Waals surface area contributed by atoms with Crippen molar-refractivity contribution in [2.75, 3.05) is 27.6 Å². The lowest BCUT2D eigenvalue weighted by atomic mass is 9.66. The van der Waals surface area contributed by atoms with Crippen LogP contribution in [0.3, 0.4) is 0 Å². The second-order valence-corrected chi connectivity index (χ2v) is 6.82. The van der Waals surface area contributed by atoms with Crippen molar-refractivity contribution in [3.8, 4) is 17.2 Å². The van der Waals surface area contributed by atoms with E-state index in [4.69, 9.17) is 18.9 Å². The summed E-state index contributed by atoms with van der Waals surface area (Å²) in [4.78, 5) is 2.57. The molecule has 3 aliphatic heterocycles. The van der Waals surface area contributed by atoms with Crippen molar-refractivity contribution < 1.29 is 18.9 Å². The minimum absolute atomic E-state index is 0.0525. The largest absolute Gasteiger partial charge is 0.492 e. The smallest absolute Gasteiger partial charge is 0.231 e. The molecule has 3 heterocycles. The van der Waals surface area contributed by atoms with Gasteiger partial charge in [-0.3, -0.25) is 4.90 Å². The predicted octanol–water partition coefficient (Wildman–Crippen LogP) is 2.22. The molecule has 23 heavy (non-hydrogen) atoms. The lowest BCUT2D eigenvalue weighted by Crippen LogP contribution is -2.49. The summed E-state index contributed by atoms with van der Waals surface area (Å²) < 4.78 is 22.6. The van der Waals surface area contributed by atoms with Crippen molar-refractivity contribution in [1.29, 1.82) is 0 Å². The zero-order chi connectivity index (χ0) is 15.6. The minimum atomic E-state index is 0.0525. The monoisotopic (exact) mass is 315 g/mol. The SMILES string of the molecule is COc1c2c(cc3c1OCO3)[C@]13C=CC(OC)C[C@H]1N(CC3)C2. The number of benzene rings is 1. The summed E-state index contributed by atoms with van der Waals surface area (Å²) >= 11 is 0. The summed E-state index contributed by atoms with van der Waals surface area (Å²) in [5.41, 5.74) is 2.66. The molecule has 122 valence electrons. The lowest BCUT2D eigenvalue weighted by Gasteiger charge is -2.46. The lowest BCUT2D eigenvalue weighted by molar-refractivity contribution is 0.0744. The number of methoxy groups -OCH3 is 2. The molecular weight excluding hydrogens is 294 g/mol. The third-order valence-electron chi connectivity index (χ3n) is 6.00. The van der Waals surface area contributed by atoms with Crippen LogP contribution in [0.1, 0.15) is 24.0 Å². The van der Waals surface area contributed by atoms with Gasteiger partial charge in [-0.25, -0.2) is 0 Å². The van der Waals surface area contributed by atoms with E-state index in [1.54, 1.807) is 14.2 Å². The van der Waals surface area contributed by atoms with E-state index in [0.717, 1.165) is 43.2 Å². The molecule has 4 atom stereocenters. The molecule has 0 amide bonds. The molecule has 0 N–H and O–H groups in total. The normalized spacial score (nSPS) is 35.8. The molecule has 4 aliphatic rings. The van der Waals surface area contributed by atoms with Gasteiger partial charge < -0.3 is 18.9 Å². The first-order chi connectivity index (χ1) is 11.3. The van der Waals surface area contributed by atoms with Crippen LogP contribution in [-0.2, 0) is 16.7 Å². The van der Waals surface area contributed by atoms with Gasteiger partial charge in [-0.2, -0.15) is 0 Å². The highest BCUT2D eigenvalue weighted by atomic mass is 16.7. The van der Waals surface area contributed by atoms with Crippen LogP contribution in [0.25, 0.3) is 0 Å². The van der Waals surface area contributed by atoms with Gasteiger partial charge in [0.15, 0.2) is 11.5 Å². The Kier molecular flexibility index (Phi) is 2.77. The van der Waals surface area contributed by atoms with Gasteiger partial charge in [-0.1, -0.05) is 12.2 Å². The summed E-state index contributed by atoms with van der Waals surface area (Å²) in [6, 6.07) is 2.68. The Balaban J connectivity index is 1.73. The first-order valence-corrected chi connectivity index (χ1v) is 8.23. The van der Waals surface area contributed by atoms with Crippen LogP contribution in [0.4, 0.5) is 0 Å². The summed E-state index contributed by atoms with van der Waals surface area (Å²) in [6.07, 6.45) is 7.00. The maximum atomic E-state index is 5.72. The Bertz CT molecular complexity index is 701. The Morgan fingerprint density at radius 3 is 3.04 bits per heavy atom. The first kappa shape index (κ1) is 13.7. The highest BCUT2D eigenvalue weighted by molar-refractivity contribution is 5.64. The minimum Gasteiger partial charge on any atom is -0.492 e. The van der Waals surface area contributed by atoms with Crippen molar-refractivity contribution >= 4 is 0 Å². The van der Waals surface area contributed by atoms with E-state index in [9.17, 15) is 0 Å². The average molecular weight is 315 g/mol. The molecule has 0 aromatic heterocycles. The number of fused-ring (bicyclic) bond motifs is 2. The van der Waals surface area contributed by atoms with Gasteiger partial charge in [-0.05, 0) is 24.5 Å². The second kappa shape index (κ2) is 4.65. The van der Waals surface area contributed by atoms with Crippen molar-refractivity contribution in [3.63, 3.8) is 0 Å². The molecule has 5 heteroatoms. The molecule has 0 spiro atoms. The van der Waals surface area contributed by atoms with Gasteiger partial charge in [0.2, 0.25) is 12.5 Å². The Morgan fingerprint density at radius 2 is 2.22 bits per heavy atom. The van der Waals surface area contributed by atoms with Crippen molar-refractivity contribution in [1.82, 2.24) is 4.90 Å². The molecule has 0 radical (unpaired) electrons. The van der Waals surface area contributed by atoms with Gasteiger partial charge in [0.25, 0.3) is 0 Å². The molecule has 5 nitrogen and oxygen atoms in total. The van der Waals surface area contributed by atoms with Gasteiger partial charge in [0.1, 0.15) is 0 Å². The topological polar surface area (TPSA) is 40.2 Å². The number of nitrogens with zero attached hydrogens (tertiary/aromatic N) is 1. The van der Waals surface area contributed by atoms with Crippen LogP contribution in [0.2, 0.25) is 0 Å². The van der Waals surface area contributed by atoms with Crippen molar-refractivity contribution in [2.24, 2.45) is 0 Å². The average Bonchev–Trinajstić information content (AvgIpc) is 3.15. The van der Waals surface area contributed by atoms with Gasteiger partial charge in [-0.15, -0.1) is 0 Å². The predicted molar refractivity (Wildman–Crippen MR) is 84.2 cm³/mol. The number of ether oxygens (including phenoxy) is 4. The van der Waals surface area contributed by atoms with E-state index in [1.807, 2.05) is 0 Å². The fourth-order valence-electron chi connectivity index (χ4n) is 4.92. The van der Waals surface area contributed by atoms with E-state index in [1.165, 1.54) is 11.1 Å². The fourth-order valence-corrected chi connectivity index (χ4v) is 4.92. The summed E-state index contributed by atoms with van der Waals surface area (Å²) in [6.45, 7) is 2.29. The van der Waals surface area contributed by atoms with Crippen LogP contribution in [-0.4, -0.2) is 44.6 Å². The Morgan fingerprint density at radius 1 is 1.30 bits per heavy atom. The van der Waals surface area contributed by atoms with Crippen LogP contribution >= 0.6 is 0 Å². The standard InChI is InChI=1S/C18H21NO4/c1-20-11-3-4-18-5-6-19(15(18)7-11)9-12-13(18)8-14-17(16(12)21-2)23-10-22-14/h3-4,8,11,15H,5-7,9-10H2,1-2H3/t11?,15-,18-/m1/s1. The quantitative estimate of drug-likeness (QED) is 0.783. The van der Waals surface area contributed by atoms with Crippen molar-refractivity contribution in [3.05, 3.63) is 29.3 Å². The van der Waals surface area contributed by atoms with E-state index < -0.39 is 0 Å². The highest BCUT2D eigenvalue weighted by Gasteiger charge is 2.54. The molecule has 1 aliphatic carbocycles. The zero-order valence-electron chi connectivity index (χ0n) is 13.5. The van der Waals surface area contributed by atoms with Gasteiger partial charge >= 0.3 is 0 Å². The number of rotatable bonds is 2. The number of hydrogen-bond donors (Lipinski definition) is 0. The van der Waals surface area contributed by atoms with Crippen molar-refractivity contribution in [2.45, 2.75) is 36.9 Å². The molecule has 2 bridgehead atoms.